The van der Waals surface area contributed by atoms with Crippen LogP contribution >= 0.6 is 0 Å². The summed E-state index contributed by atoms with van der Waals surface area (Å²) >= 11 is 0. The summed E-state index contributed by atoms with van der Waals surface area (Å²) in [5.74, 6) is -0.484. The van der Waals surface area contributed by atoms with Gasteiger partial charge in [0.15, 0.2) is 0 Å². The van der Waals surface area contributed by atoms with Gasteiger partial charge in [-0.25, -0.2) is 9.37 Å². The smallest absolute Gasteiger partial charge is 0.313 e. The van der Waals surface area contributed by atoms with Crippen LogP contribution in [0.3, 0.4) is 0 Å². The van der Waals surface area contributed by atoms with Gasteiger partial charge in [0.05, 0.1) is 11.8 Å². The average molecular weight is 375 g/mol. The highest BCUT2D eigenvalue weighted by Crippen LogP contribution is 2.35. The second-order valence-electron chi connectivity index (χ2n) is 7.39. The maximum Gasteiger partial charge on any atom is 0.313 e. The number of aromatic nitrogens is 2. The number of hydrogen-bond acceptors (Lipinski definition) is 4. The zero-order valence-corrected chi connectivity index (χ0v) is 15.7. The Kier molecular flexibility index (Phi) is 5.62. The fraction of sp³-hybridized carbons (Fsp3) is 0.500. The molecule has 1 aliphatic heterocycles. The molecule has 3 N–H and O–H groups in total. The van der Waals surface area contributed by atoms with Crippen molar-refractivity contribution < 1.29 is 19.4 Å². The highest BCUT2D eigenvalue weighted by molar-refractivity contribution is 5.76. The van der Waals surface area contributed by atoms with Crippen molar-refractivity contribution in [1.82, 2.24) is 14.9 Å². The van der Waals surface area contributed by atoms with Gasteiger partial charge in [-0.2, -0.15) is 0 Å². The maximum atomic E-state index is 13.2. The van der Waals surface area contributed by atoms with E-state index in [0.29, 0.717) is 25.1 Å². The number of carboxylic acid groups (broad SMARTS) is 1. The molecule has 1 aromatic heterocycles. The molecule has 27 heavy (non-hydrogen) atoms. The summed E-state index contributed by atoms with van der Waals surface area (Å²) < 4.78 is 13.2. The molecule has 0 unspecified atom stereocenters. The molecule has 2 heterocycles. The number of rotatable bonds is 6. The highest BCUT2D eigenvalue weighted by atomic mass is 19.1. The molecule has 1 fully saturated rings. The average Bonchev–Trinajstić information content (AvgIpc) is 2.99. The molecule has 0 spiro atoms. The van der Waals surface area contributed by atoms with Crippen molar-refractivity contribution in [1.29, 1.82) is 0 Å². The van der Waals surface area contributed by atoms with Gasteiger partial charge in [0.25, 0.3) is 0 Å². The predicted octanol–water partition coefficient (Wildman–Crippen LogP) is 2.30. The number of halogens is 1. The first-order chi connectivity index (χ1) is 12.8. The van der Waals surface area contributed by atoms with E-state index in [-0.39, 0.29) is 18.8 Å². The Morgan fingerprint density at radius 1 is 1.41 bits per heavy atom. The number of aliphatic carboxylic acids is 1. The van der Waals surface area contributed by atoms with Crippen LogP contribution in [0.5, 0.6) is 0 Å². The second kappa shape index (κ2) is 7.78. The van der Waals surface area contributed by atoms with Crippen LogP contribution in [0.25, 0.3) is 0 Å². The number of aryl methyl sites for hydroxylation is 2. The fourth-order valence-corrected chi connectivity index (χ4v) is 3.82. The molecule has 0 saturated carbocycles. The third kappa shape index (κ3) is 4.04. The maximum absolute atomic E-state index is 13.2. The van der Waals surface area contributed by atoms with Crippen molar-refractivity contribution in [2.75, 3.05) is 13.1 Å². The third-order valence-electron chi connectivity index (χ3n) is 5.46. The van der Waals surface area contributed by atoms with Gasteiger partial charge >= 0.3 is 5.97 Å². The lowest BCUT2D eigenvalue weighted by Crippen LogP contribution is -2.56. The van der Waals surface area contributed by atoms with Gasteiger partial charge in [-0.05, 0) is 37.5 Å². The van der Waals surface area contributed by atoms with Crippen molar-refractivity contribution >= 4 is 5.97 Å². The molecular formula is C20H26FN3O3. The minimum atomic E-state index is -1.33. The SMILES string of the molecule is CCc1nc(CN2CC[C@@H](O)[C@](Cc3ccc(F)cc3)(C(=O)O)C2)c(C)[nH]1. The predicted molar refractivity (Wildman–Crippen MR) is 98.8 cm³/mol. The lowest BCUT2D eigenvalue weighted by molar-refractivity contribution is -0.163. The Morgan fingerprint density at radius 3 is 2.70 bits per heavy atom. The normalized spacial score (nSPS) is 23.5. The molecular weight excluding hydrogens is 349 g/mol. The number of piperidine rings is 1. The molecule has 146 valence electrons. The van der Waals surface area contributed by atoms with E-state index in [1.807, 2.05) is 18.7 Å². The molecule has 2 atom stereocenters. The van der Waals surface area contributed by atoms with Gasteiger partial charge in [-0.3, -0.25) is 9.69 Å². The molecule has 1 saturated heterocycles. The highest BCUT2D eigenvalue weighted by Gasteiger charge is 2.49. The summed E-state index contributed by atoms with van der Waals surface area (Å²) in [4.78, 5) is 22.0. The number of aliphatic hydroxyl groups excluding tert-OH is 1. The molecule has 0 aliphatic carbocycles. The second-order valence-corrected chi connectivity index (χ2v) is 7.39. The number of benzene rings is 1. The minimum Gasteiger partial charge on any atom is -0.481 e. The lowest BCUT2D eigenvalue weighted by atomic mass is 9.73. The van der Waals surface area contributed by atoms with Crippen molar-refractivity contribution in [3.63, 3.8) is 0 Å². The van der Waals surface area contributed by atoms with E-state index in [9.17, 15) is 19.4 Å². The van der Waals surface area contributed by atoms with Crippen molar-refractivity contribution in [2.24, 2.45) is 5.41 Å². The van der Waals surface area contributed by atoms with E-state index in [0.717, 1.165) is 23.6 Å². The number of imidazole rings is 1. The van der Waals surface area contributed by atoms with E-state index >= 15 is 0 Å². The number of aliphatic hydroxyl groups is 1. The summed E-state index contributed by atoms with van der Waals surface area (Å²) in [7, 11) is 0. The van der Waals surface area contributed by atoms with Gasteiger partial charge in [0, 0.05) is 31.7 Å². The molecule has 0 bridgehead atoms. The number of aromatic amines is 1. The largest absolute Gasteiger partial charge is 0.481 e. The topological polar surface area (TPSA) is 89.4 Å². The first kappa shape index (κ1) is 19.5. The third-order valence-corrected chi connectivity index (χ3v) is 5.46. The van der Waals surface area contributed by atoms with Crippen LogP contribution in [0.15, 0.2) is 24.3 Å². The molecule has 6 nitrogen and oxygen atoms in total. The molecule has 1 aliphatic rings. The van der Waals surface area contributed by atoms with Gasteiger partial charge < -0.3 is 15.2 Å². The van der Waals surface area contributed by atoms with E-state index in [1.54, 1.807) is 12.1 Å². The first-order valence-electron chi connectivity index (χ1n) is 9.26. The van der Waals surface area contributed by atoms with Crippen LogP contribution in [0.2, 0.25) is 0 Å². The van der Waals surface area contributed by atoms with Crippen molar-refractivity contribution in [2.45, 2.75) is 45.8 Å². The zero-order chi connectivity index (χ0) is 19.6. The molecule has 0 amide bonds. The van der Waals surface area contributed by atoms with Crippen molar-refractivity contribution in [3.05, 3.63) is 52.9 Å². The van der Waals surface area contributed by atoms with Crippen LogP contribution in [0.1, 0.15) is 36.1 Å². The quantitative estimate of drug-likeness (QED) is 0.721. The Bertz CT molecular complexity index is 805. The van der Waals surface area contributed by atoms with E-state index in [4.69, 9.17) is 0 Å². The van der Waals surface area contributed by atoms with E-state index in [1.165, 1.54) is 12.1 Å². The molecule has 1 aromatic carbocycles. The first-order valence-corrected chi connectivity index (χ1v) is 9.26. The zero-order valence-electron chi connectivity index (χ0n) is 15.7. The fourth-order valence-electron chi connectivity index (χ4n) is 3.82. The van der Waals surface area contributed by atoms with Gasteiger partial charge in [0.2, 0.25) is 0 Å². The summed E-state index contributed by atoms with van der Waals surface area (Å²) in [6.45, 7) is 5.34. The Balaban J connectivity index is 1.82. The van der Waals surface area contributed by atoms with Gasteiger partial charge in [-0.15, -0.1) is 0 Å². The van der Waals surface area contributed by atoms with E-state index < -0.39 is 17.5 Å². The van der Waals surface area contributed by atoms with Gasteiger partial charge in [-0.1, -0.05) is 19.1 Å². The number of carboxylic acids is 1. The Morgan fingerprint density at radius 2 is 2.11 bits per heavy atom. The Labute approximate surface area is 158 Å². The molecule has 3 rings (SSSR count). The summed E-state index contributed by atoms with van der Waals surface area (Å²) in [5, 5.41) is 20.6. The van der Waals surface area contributed by atoms with Crippen LogP contribution < -0.4 is 0 Å². The van der Waals surface area contributed by atoms with Crippen LogP contribution in [-0.2, 0) is 24.2 Å². The summed E-state index contributed by atoms with van der Waals surface area (Å²) in [5.41, 5.74) is 1.26. The van der Waals surface area contributed by atoms with Crippen LogP contribution in [0, 0.1) is 18.2 Å². The number of nitrogens with zero attached hydrogens (tertiary/aromatic N) is 2. The molecule has 0 radical (unpaired) electrons. The molecule has 2 aromatic rings. The number of likely N-dealkylation sites (tertiary alicyclic amines) is 1. The summed E-state index contributed by atoms with van der Waals surface area (Å²) in [6.07, 6.45) is 0.378. The number of H-pyrrole nitrogens is 1. The number of carbonyl (C=O) groups is 1. The van der Waals surface area contributed by atoms with E-state index in [2.05, 4.69) is 9.97 Å². The number of hydrogen-bond donors (Lipinski definition) is 3. The van der Waals surface area contributed by atoms with Crippen molar-refractivity contribution in [3.8, 4) is 0 Å². The standard InChI is InChI=1S/C20H26FN3O3/c1-3-18-22-13(2)16(23-18)11-24-9-8-17(25)20(12-24,19(26)27)10-14-4-6-15(21)7-5-14/h4-7,17,25H,3,8-12H2,1-2H3,(H,22,23)(H,26,27)/t17-,20-/m1/s1. The lowest BCUT2D eigenvalue weighted by Gasteiger charge is -2.43. The monoisotopic (exact) mass is 375 g/mol. The molecule has 7 heteroatoms. The minimum absolute atomic E-state index is 0.153. The van der Waals surface area contributed by atoms with Crippen LogP contribution in [-0.4, -0.2) is 50.2 Å². The van der Waals surface area contributed by atoms with Crippen LogP contribution in [0.4, 0.5) is 4.39 Å². The van der Waals surface area contributed by atoms with Gasteiger partial charge in [0.1, 0.15) is 17.1 Å². The number of nitrogens with one attached hydrogen (secondary N) is 1. The summed E-state index contributed by atoms with van der Waals surface area (Å²) in [6, 6.07) is 5.79. The Hall–Kier alpha value is -2.25.